The molecule has 0 aliphatic carbocycles. The molecular formula is C26H16Cl2F3N3O3. The first-order valence-electron chi connectivity index (χ1n) is 10.8. The Hall–Kier alpha value is -3.87. The van der Waals surface area contributed by atoms with Crippen LogP contribution in [0, 0.1) is 11.3 Å². The Morgan fingerprint density at radius 3 is 2.49 bits per heavy atom. The third-order valence-corrected chi connectivity index (χ3v) is 5.89. The standard InChI is InChI=1S/C26H16Cl2F3N3O3/c1-2-23(35)25(14-32,15-4-3-5-16(10-15)26(29,30)31)37-22-12-18(7-8-19(22)28)36-24-13-33-21-11-17(27)6-9-20(21)34-24/h3-13H,2H2,1H3. The monoisotopic (exact) mass is 545 g/mol. The molecule has 1 heterocycles. The number of halogens is 5. The van der Waals surface area contributed by atoms with Gasteiger partial charge in [-0.25, -0.2) is 9.97 Å². The minimum absolute atomic E-state index is 0.00194. The summed E-state index contributed by atoms with van der Waals surface area (Å²) in [6.45, 7) is 1.47. The summed E-state index contributed by atoms with van der Waals surface area (Å²) in [7, 11) is 0. The molecule has 0 spiro atoms. The summed E-state index contributed by atoms with van der Waals surface area (Å²) < 4.78 is 51.6. The lowest BCUT2D eigenvalue weighted by atomic mass is 9.88. The highest BCUT2D eigenvalue weighted by Gasteiger charge is 2.44. The maximum atomic E-state index is 13.3. The maximum Gasteiger partial charge on any atom is 0.416 e. The second-order valence-electron chi connectivity index (χ2n) is 7.79. The van der Waals surface area contributed by atoms with Gasteiger partial charge in [-0.3, -0.25) is 4.79 Å². The van der Waals surface area contributed by atoms with Crippen LogP contribution in [0.15, 0.2) is 66.9 Å². The van der Waals surface area contributed by atoms with Gasteiger partial charge in [0.1, 0.15) is 17.6 Å². The number of rotatable bonds is 7. The van der Waals surface area contributed by atoms with Crippen LogP contribution in [0.5, 0.6) is 17.4 Å². The highest BCUT2D eigenvalue weighted by Crippen LogP contribution is 2.39. The number of Topliss-reactive ketones (excluding diaryl/α,β-unsaturated/α-hetero) is 1. The van der Waals surface area contributed by atoms with Gasteiger partial charge in [0.2, 0.25) is 5.88 Å². The lowest BCUT2D eigenvalue weighted by molar-refractivity contribution is -0.138. The molecule has 0 saturated heterocycles. The Bertz CT molecular complexity index is 1540. The van der Waals surface area contributed by atoms with Crippen LogP contribution in [0.25, 0.3) is 11.0 Å². The molecule has 1 aromatic heterocycles. The topological polar surface area (TPSA) is 85.1 Å². The van der Waals surface area contributed by atoms with E-state index in [-0.39, 0.29) is 34.4 Å². The van der Waals surface area contributed by atoms with Gasteiger partial charge in [0, 0.05) is 23.1 Å². The Labute approximate surface area is 219 Å². The highest BCUT2D eigenvalue weighted by atomic mass is 35.5. The van der Waals surface area contributed by atoms with E-state index in [0.29, 0.717) is 22.1 Å². The van der Waals surface area contributed by atoms with Gasteiger partial charge < -0.3 is 9.47 Å². The summed E-state index contributed by atoms with van der Waals surface area (Å²) in [6, 6.07) is 14.8. The molecular weight excluding hydrogens is 530 g/mol. The zero-order valence-electron chi connectivity index (χ0n) is 19.0. The van der Waals surface area contributed by atoms with E-state index in [1.807, 2.05) is 0 Å². The molecule has 1 atom stereocenters. The first-order chi connectivity index (χ1) is 17.6. The highest BCUT2D eigenvalue weighted by molar-refractivity contribution is 6.32. The van der Waals surface area contributed by atoms with Gasteiger partial charge >= 0.3 is 6.18 Å². The van der Waals surface area contributed by atoms with Crippen LogP contribution < -0.4 is 9.47 Å². The van der Waals surface area contributed by atoms with Crippen LogP contribution in [-0.4, -0.2) is 15.8 Å². The van der Waals surface area contributed by atoms with Crippen molar-refractivity contribution < 1.29 is 27.4 Å². The van der Waals surface area contributed by atoms with Gasteiger partial charge in [0.05, 0.1) is 27.8 Å². The average molecular weight is 546 g/mol. The van der Waals surface area contributed by atoms with E-state index in [9.17, 15) is 23.2 Å². The number of nitriles is 1. The van der Waals surface area contributed by atoms with Crippen molar-refractivity contribution in [3.8, 4) is 23.4 Å². The minimum Gasteiger partial charge on any atom is -0.459 e. The normalized spacial score (nSPS) is 13.0. The number of carbonyl (C=O) groups is 1. The number of benzene rings is 3. The molecule has 0 radical (unpaired) electrons. The summed E-state index contributed by atoms with van der Waals surface area (Å²) in [5, 5.41) is 10.5. The molecule has 6 nitrogen and oxygen atoms in total. The van der Waals surface area contributed by atoms with Crippen LogP contribution in [0.2, 0.25) is 10.0 Å². The maximum absolute atomic E-state index is 13.3. The molecule has 0 aliphatic rings. The number of aromatic nitrogens is 2. The molecule has 0 aliphatic heterocycles. The summed E-state index contributed by atoms with van der Waals surface area (Å²) in [4.78, 5) is 21.5. The van der Waals surface area contributed by atoms with Crippen molar-refractivity contribution in [2.24, 2.45) is 0 Å². The van der Waals surface area contributed by atoms with Gasteiger partial charge in [0.15, 0.2) is 5.78 Å². The Morgan fingerprint density at radius 1 is 1.03 bits per heavy atom. The van der Waals surface area contributed by atoms with Crippen molar-refractivity contribution in [2.75, 3.05) is 0 Å². The molecule has 37 heavy (non-hydrogen) atoms. The van der Waals surface area contributed by atoms with E-state index in [0.717, 1.165) is 12.1 Å². The number of hydrogen-bond acceptors (Lipinski definition) is 6. The molecule has 0 N–H and O–H groups in total. The molecule has 4 aromatic rings. The van der Waals surface area contributed by atoms with Crippen molar-refractivity contribution in [2.45, 2.75) is 25.1 Å². The molecule has 0 fully saturated rings. The van der Waals surface area contributed by atoms with Gasteiger partial charge in [-0.15, -0.1) is 0 Å². The molecule has 0 amide bonds. The predicted molar refractivity (Wildman–Crippen MR) is 131 cm³/mol. The second-order valence-corrected chi connectivity index (χ2v) is 8.63. The SMILES string of the molecule is CCC(=O)C(C#N)(Oc1cc(Oc2cnc3cc(Cl)ccc3n2)ccc1Cl)c1cccc(C(F)(F)F)c1. The lowest BCUT2D eigenvalue weighted by Crippen LogP contribution is -2.40. The van der Waals surface area contributed by atoms with E-state index in [1.165, 1.54) is 37.4 Å². The van der Waals surface area contributed by atoms with Crippen LogP contribution in [0.3, 0.4) is 0 Å². The Kier molecular flexibility index (Phi) is 7.25. The fraction of sp³-hybridized carbons (Fsp3) is 0.154. The predicted octanol–water partition coefficient (Wildman–Crippen LogP) is 7.52. The number of hydrogen-bond donors (Lipinski definition) is 0. The average Bonchev–Trinajstić information content (AvgIpc) is 2.88. The first kappa shape index (κ1) is 26.2. The third-order valence-electron chi connectivity index (χ3n) is 5.34. The number of alkyl halides is 3. The van der Waals surface area contributed by atoms with Crippen molar-refractivity contribution >= 4 is 40.0 Å². The molecule has 1 unspecified atom stereocenters. The van der Waals surface area contributed by atoms with Crippen LogP contribution in [-0.2, 0) is 16.6 Å². The van der Waals surface area contributed by atoms with E-state index in [1.54, 1.807) is 24.3 Å². The molecule has 11 heteroatoms. The van der Waals surface area contributed by atoms with Gasteiger partial charge in [-0.1, -0.05) is 42.3 Å². The van der Waals surface area contributed by atoms with E-state index >= 15 is 0 Å². The summed E-state index contributed by atoms with van der Waals surface area (Å²) in [6.07, 6.45) is -3.50. The number of carbonyl (C=O) groups excluding carboxylic acids is 1. The molecule has 3 aromatic carbocycles. The molecule has 188 valence electrons. The Morgan fingerprint density at radius 2 is 1.78 bits per heavy atom. The molecule has 0 bridgehead atoms. The second kappa shape index (κ2) is 10.2. The van der Waals surface area contributed by atoms with E-state index in [4.69, 9.17) is 32.7 Å². The minimum atomic E-state index is -4.69. The van der Waals surface area contributed by atoms with E-state index < -0.39 is 23.1 Å². The number of fused-ring (bicyclic) bond motifs is 1. The Balaban J connectivity index is 1.72. The van der Waals surface area contributed by atoms with Crippen molar-refractivity contribution in [1.29, 1.82) is 5.26 Å². The number of nitrogens with zero attached hydrogens (tertiary/aromatic N) is 3. The summed E-state index contributed by atoms with van der Waals surface area (Å²) in [5.74, 6) is -0.616. The fourth-order valence-electron chi connectivity index (χ4n) is 3.52. The van der Waals surface area contributed by atoms with Crippen LogP contribution >= 0.6 is 23.2 Å². The smallest absolute Gasteiger partial charge is 0.416 e. The van der Waals surface area contributed by atoms with Crippen molar-refractivity contribution in [3.05, 3.63) is 88.0 Å². The quantitative estimate of drug-likeness (QED) is 0.238. The molecule has 0 saturated carbocycles. The number of ketones is 1. The summed E-state index contributed by atoms with van der Waals surface area (Å²) in [5.41, 5.74) is -2.62. The summed E-state index contributed by atoms with van der Waals surface area (Å²) >= 11 is 12.2. The van der Waals surface area contributed by atoms with E-state index in [2.05, 4.69) is 9.97 Å². The van der Waals surface area contributed by atoms with Gasteiger partial charge in [-0.05, 0) is 42.5 Å². The zero-order valence-corrected chi connectivity index (χ0v) is 20.5. The van der Waals surface area contributed by atoms with Crippen molar-refractivity contribution in [3.63, 3.8) is 0 Å². The fourth-order valence-corrected chi connectivity index (χ4v) is 3.84. The van der Waals surface area contributed by atoms with Crippen LogP contribution in [0.4, 0.5) is 13.2 Å². The molecule has 4 rings (SSSR count). The van der Waals surface area contributed by atoms with Gasteiger partial charge in [0.25, 0.3) is 5.60 Å². The van der Waals surface area contributed by atoms with Crippen LogP contribution in [0.1, 0.15) is 24.5 Å². The first-order valence-corrected chi connectivity index (χ1v) is 11.5. The third kappa shape index (κ3) is 5.45. The number of ether oxygens (including phenoxy) is 2. The zero-order chi connectivity index (χ0) is 26.8. The lowest BCUT2D eigenvalue weighted by Gasteiger charge is -2.28. The largest absolute Gasteiger partial charge is 0.459 e. The van der Waals surface area contributed by atoms with Gasteiger partial charge in [-0.2, -0.15) is 18.4 Å². The van der Waals surface area contributed by atoms with Crippen molar-refractivity contribution in [1.82, 2.24) is 9.97 Å².